The van der Waals surface area contributed by atoms with Crippen LogP contribution < -0.4 is 5.32 Å². The molecule has 1 aliphatic rings. The molecule has 1 aliphatic heterocycles. The van der Waals surface area contributed by atoms with Crippen molar-refractivity contribution < 1.29 is 15.0 Å². The van der Waals surface area contributed by atoms with E-state index in [0.29, 0.717) is 16.6 Å². The highest BCUT2D eigenvalue weighted by Gasteiger charge is 2.25. The molecule has 2 rings (SSSR count). The summed E-state index contributed by atoms with van der Waals surface area (Å²) in [6.45, 7) is 6.27. The number of benzene rings is 1. The lowest BCUT2D eigenvalue weighted by atomic mass is 9.87. The van der Waals surface area contributed by atoms with Crippen LogP contribution in [0.25, 0.3) is 0 Å². The van der Waals surface area contributed by atoms with Gasteiger partial charge in [-0.25, -0.2) is 9.79 Å². The third kappa shape index (κ3) is 3.25. The summed E-state index contributed by atoms with van der Waals surface area (Å²) in [6, 6.07) is 4.67. The summed E-state index contributed by atoms with van der Waals surface area (Å²) in [5.74, 6) is -0.390. The average Bonchev–Trinajstić information content (AvgIpc) is 2.79. The second-order valence-corrected chi connectivity index (χ2v) is 6.71. The van der Waals surface area contributed by atoms with Gasteiger partial charge in [-0.05, 0) is 23.1 Å². The van der Waals surface area contributed by atoms with Gasteiger partial charge in [0, 0.05) is 5.75 Å². The SMILES string of the molecule is CC(C)(C)c1ccc(O)c(NC2=N[C@H](C(=O)O)CS2)c1. The zero-order valence-corrected chi connectivity index (χ0v) is 12.5. The molecule has 1 heterocycles. The summed E-state index contributed by atoms with van der Waals surface area (Å²) in [5.41, 5.74) is 1.60. The van der Waals surface area contributed by atoms with Crippen LogP contribution in [0, 0.1) is 0 Å². The van der Waals surface area contributed by atoms with E-state index in [2.05, 4.69) is 31.1 Å². The van der Waals surface area contributed by atoms with Gasteiger partial charge < -0.3 is 15.5 Å². The minimum Gasteiger partial charge on any atom is -0.506 e. The van der Waals surface area contributed by atoms with Gasteiger partial charge in [-0.3, -0.25) is 0 Å². The Morgan fingerprint density at radius 3 is 2.70 bits per heavy atom. The van der Waals surface area contributed by atoms with Crippen molar-refractivity contribution in [2.45, 2.75) is 32.2 Å². The largest absolute Gasteiger partial charge is 0.506 e. The summed E-state index contributed by atoms with van der Waals surface area (Å²) >= 11 is 1.34. The lowest BCUT2D eigenvalue weighted by molar-refractivity contribution is -0.137. The highest BCUT2D eigenvalue weighted by Crippen LogP contribution is 2.32. The van der Waals surface area contributed by atoms with Gasteiger partial charge in [0.1, 0.15) is 5.75 Å². The van der Waals surface area contributed by atoms with Crippen LogP contribution >= 0.6 is 11.8 Å². The van der Waals surface area contributed by atoms with Crippen molar-refractivity contribution in [3.8, 4) is 5.75 Å². The topological polar surface area (TPSA) is 81.9 Å². The molecule has 0 radical (unpaired) electrons. The van der Waals surface area contributed by atoms with Gasteiger partial charge in [-0.1, -0.05) is 38.6 Å². The van der Waals surface area contributed by atoms with Crippen LogP contribution in [0.1, 0.15) is 26.3 Å². The molecule has 0 unspecified atom stereocenters. The summed E-state index contributed by atoms with van der Waals surface area (Å²) in [5, 5.41) is 22.3. The first-order valence-corrected chi connectivity index (χ1v) is 7.30. The Morgan fingerprint density at radius 2 is 2.15 bits per heavy atom. The van der Waals surface area contributed by atoms with E-state index in [1.165, 1.54) is 11.8 Å². The van der Waals surface area contributed by atoms with Gasteiger partial charge in [0.05, 0.1) is 5.69 Å². The maximum Gasteiger partial charge on any atom is 0.329 e. The minimum atomic E-state index is -0.929. The highest BCUT2D eigenvalue weighted by atomic mass is 32.2. The van der Waals surface area contributed by atoms with E-state index in [-0.39, 0.29) is 11.2 Å². The first-order chi connectivity index (χ1) is 9.27. The van der Waals surface area contributed by atoms with E-state index >= 15 is 0 Å². The second-order valence-electron chi connectivity index (χ2n) is 5.71. The molecule has 0 amide bonds. The molecule has 0 saturated heterocycles. The number of phenolic OH excluding ortho intramolecular Hbond substituents is 1. The van der Waals surface area contributed by atoms with E-state index in [9.17, 15) is 9.90 Å². The summed E-state index contributed by atoms with van der Waals surface area (Å²) in [7, 11) is 0. The zero-order chi connectivity index (χ0) is 14.9. The molecule has 0 fully saturated rings. The standard InChI is InChI=1S/C14H18N2O3S/c1-14(2,3)8-4-5-11(17)9(6-8)15-13-16-10(7-20-13)12(18)19/h4-6,10,17H,7H2,1-3H3,(H,15,16)(H,18,19)/t10-/m0/s1. The quantitative estimate of drug-likeness (QED) is 0.731. The smallest absolute Gasteiger partial charge is 0.329 e. The van der Waals surface area contributed by atoms with E-state index in [4.69, 9.17) is 5.11 Å². The van der Waals surface area contributed by atoms with E-state index in [0.717, 1.165) is 5.56 Å². The van der Waals surface area contributed by atoms with Gasteiger partial charge in [0.2, 0.25) is 0 Å². The fourth-order valence-corrected chi connectivity index (χ4v) is 2.70. The molecule has 0 aliphatic carbocycles. The molecule has 3 N–H and O–H groups in total. The summed E-state index contributed by atoms with van der Waals surface area (Å²) < 4.78 is 0. The number of phenols is 1. The number of anilines is 1. The van der Waals surface area contributed by atoms with Crippen molar-refractivity contribution in [2.24, 2.45) is 4.99 Å². The molecule has 0 bridgehead atoms. The monoisotopic (exact) mass is 294 g/mol. The Hall–Kier alpha value is -1.69. The van der Waals surface area contributed by atoms with Gasteiger partial charge in [-0.15, -0.1) is 0 Å². The molecule has 6 heteroatoms. The number of carboxylic acid groups (broad SMARTS) is 1. The van der Waals surface area contributed by atoms with Crippen LogP contribution in [0.3, 0.4) is 0 Å². The zero-order valence-electron chi connectivity index (χ0n) is 11.7. The molecule has 1 atom stereocenters. The van der Waals surface area contributed by atoms with Crippen molar-refractivity contribution in [2.75, 3.05) is 11.1 Å². The number of nitrogens with zero attached hydrogens (tertiary/aromatic N) is 1. The Morgan fingerprint density at radius 1 is 1.45 bits per heavy atom. The fourth-order valence-electron chi connectivity index (χ4n) is 1.79. The maximum atomic E-state index is 10.9. The molecule has 20 heavy (non-hydrogen) atoms. The number of nitrogens with one attached hydrogen (secondary N) is 1. The van der Waals surface area contributed by atoms with Crippen LogP contribution in [0.5, 0.6) is 5.75 Å². The number of rotatable bonds is 2. The molecule has 0 spiro atoms. The third-order valence-corrected chi connectivity index (χ3v) is 4.00. The Bertz CT molecular complexity index is 564. The highest BCUT2D eigenvalue weighted by molar-refractivity contribution is 8.14. The average molecular weight is 294 g/mol. The minimum absolute atomic E-state index is 0.0294. The van der Waals surface area contributed by atoms with Crippen molar-refractivity contribution in [1.82, 2.24) is 0 Å². The van der Waals surface area contributed by atoms with E-state index in [1.807, 2.05) is 12.1 Å². The summed E-state index contributed by atoms with van der Waals surface area (Å²) in [4.78, 5) is 14.9. The van der Waals surface area contributed by atoms with Crippen LogP contribution in [0.2, 0.25) is 0 Å². The van der Waals surface area contributed by atoms with Gasteiger partial charge in [0.25, 0.3) is 0 Å². The number of hydrogen-bond acceptors (Lipinski definition) is 5. The second kappa shape index (κ2) is 5.36. The number of carboxylic acids is 1. The Labute approximate surface area is 122 Å². The first-order valence-electron chi connectivity index (χ1n) is 6.31. The van der Waals surface area contributed by atoms with Crippen LogP contribution in [0.15, 0.2) is 23.2 Å². The number of amidine groups is 1. The lowest BCUT2D eigenvalue weighted by Gasteiger charge is -2.20. The number of thioether (sulfide) groups is 1. The van der Waals surface area contributed by atoms with Crippen LogP contribution in [-0.2, 0) is 10.2 Å². The first kappa shape index (κ1) is 14.7. The molecule has 108 valence electrons. The number of aromatic hydroxyl groups is 1. The molecule has 0 aromatic heterocycles. The van der Waals surface area contributed by atoms with Crippen molar-refractivity contribution >= 4 is 28.6 Å². The molecular weight excluding hydrogens is 276 g/mol. The molecule has 5 nitrogen and oxygen atoms in total. The van der Waals surface area contributed by atoms with Gasteiger partial charge in [-0.2, -0.15) is 0 Å². The van der Waals surface area contributed by atoms with E-state index < -0.39 is 12.0 Å². The number of aliphatic imine (C=N–C) groups is 1. The molecule has 1 aromatic carbocycles. The van der Waals surface area contributed by atoms with Gasteiger partial charge >= 0.3 is 5.97 Å². The molecule has 0 saturated carbocycles. The number of aliphatic carboxylic acids is 1. The third-order valence-electron chi connectivity index (χ3n) is 3.04. The number of hydrogen-bond donors (Lipinski definition) is 3. The lowest BCUT2D eigenvalue weighted by Crippen LogP contribution is -2.17. The fraction of sp³-hybridized carbons (Fsp3) is 0.429. The predicted molar refractivity (Wildman–Crippen MR) is 81.7 cm³/mol. The molecular formula is C14H18N2O3S. The predicted octanol–water partition coefficient (Wildman–Crippen LogP) is 2.66. The van der Waals surface area contributed by atoms with E-state index in [1.54, 1.807) is 6.07 Å². The van der Waals surface area contributed by atoms with Crippen LogP contribution in [-0.4, -0.2) is 33.1 Å². The Kier molecular flexibility index (Phi) is 3.94. The van der Waals surface area contributed by atoms with Crippen molar-refractivity contribution in [3.05, 3.63) is 23.8 Å². The molecule has 1 aromatic rings. The van der Waals surface area contributed by atoms with Crippen molar-refractivity contribution in [3.63, 3.8) is 0 Å². The normalized spacial score (nSPS) is 18.8. The number of carbonyl (C=O) groups is 1. The van der Waals surface area contributed by atoms with Gasteiger partial charge in [0.15, 0.2) is 11.2 Å². The van der Waals surface area contributed by atoms with Crippen LogP contribution in [0.4, 0.5) is 5.69 Å². The Balaban J connectivity index is 2.22. The summed E-state index contributed by atoms with van der Waals surface area (Å²) in [6.07, 6.45) is 0. The van der Waals surface area contributed by atoms with Crippen molar-refractivity contribution in [1.29, 1.82) is 0 Å². The maximum absolute atomic E-state index is 10.9.